The number of nitro groups is 1. The number of nitrogens with one attached hydrogen (secondary N) is 1. The summed E-state index contributed by atoms with van der Waals surface area (Å²) in [5, 5.41) is 10.7. The number of benzene rings is 1. The van der Waals surface area contributed by atoms with Gasteiger partial charge in [-0.2, -0.15) is 4.31 Å². The minimum atomic E-state index is -3.58. The lowest BCUT2D eigenvalue weighted by molar-refractivity contribution is -0.907. The van der Waals surface area contributed by atoms with Gasteiger partial charge < -0.3 is 4.90 Å². The van der Waals surface area contributed by atoms with E-state index in [-0.39, 0.29) is 10.6 Å². The first-order chi connectivity index (χ1) is 12.4. The van der Waals surface area contributed by atoms with Crippen molar-refractivity contribution in [3.05, 3.63) is 46.5 Å². The summed E-state index contributed by atoms with van der Waals surface area (Å²) in [6.45, 7) is 3.79. The predicted molar refractivity (Wildman–Crippen MR) is 96.3 cm³/mol. The van der Waals surface area contributed by atoms with E-state index in [1.807, 2.05) is 0 Å². The third kappa shape index (κ3) is 3.28. The van der Waals surface area contributed by atoms with Crippen LogP contribution in [0.4, 0.5) is 5.69 Å². The summed E-state index contributed by atoms with van der Waals surface area (Å²) in [5.41, 5.74) is -0.0990. The Labute approximate surface area is 153 Å². The molecule has 4 rings (SSSR count). The minimum absolute atomic E-state index is 0.0990. The lowest BCUT2D eigenvalue weighted by Gasteiger charge is -2.33. The molecule has 0 spiro atoms. The molecule has 0 unspecified atom stereocenters. The Morgan fingerprint density at radius 3 is 2.35 bits per heavy atom. The Morgan fingerprint density at radius 2 is 1.81 bits per heavy atom. The van der Waals surface area contributed by atoms with Crippen LogP contribution < -0.4 is 4.90 Å². The molecule has 0 amide bonds. The Hall–Kier alpha value is -1.77. The molecule has 3 atom stereocenters. The zero-order chi connectivity index (χ0) is 18.3. The number of hydrogen-bond acceptors (Lipinski definition) is 4. The highest BCUT2D eigenvalue weighted by molar-refractivity contribution is 7.89. The molecular weight excluding hydrogens is 354 g/mol. The van der Waals surface area contributed by atoms with Gasteiger partial charge >= 0.3 is 0 Å². The standard InChI is InChI=1S/C18H23N3O4S/c22-21(23)17-3-5-18(6-4-17)26(24,25)20-9-7-19(8-10-20)13-16-12-14-1-2-15(16)11-14/h1-6,14-16H,7-13H2/p+1/t14-,15+,16-/m0/s1. The van der Waals surface area contributed by atoms with E-state index < -0.39 is 14.9 Å². The van der Waals surface area contributed by atoms with E-state index >= 15 is 0 Å². The summed E-state index contributed by atoms with van der Waals surface area (Å²) in [6.07, 6.45) is 7.31. The Bertz CT molecular complexity index is 813. The van der Waals surface area contributed by atoms with E-state index in [0.29, 0.717) is 13.1 Å². The summed E-state index contributed by atoms with van der Waals surface area (Å²) < 4.78 is 27.0. The van der Waals surface area contributed by atoms with Crippen LogP contribution in [0.3, 0.4) is 0 Å². The second kappa shape index (κ2) is 6.75. The van der Waals surface area contributed by atoms with Crippen molar-refractivity contribution in [2.45, 2.75) is 17.7 Å². The minimum Gasteiger partial charge on any atom is -0.332 e. The summed E-state index contributed by atoms with van der Waals surface area (Å²) in [6, 6.07) is 5.15. The van der Waals surface area contributed by atoms with Crippen molar-refractivity contribution in [2.75, 3.05) is 32.7 Å². The molecular formula is C18H24N3O4S+. The van der Waals surface area contributed by atoms with Gasteiger partial charge in [0.15, 0.2) is 0 Å². The van der Waals surface area contributed by atoms with Crippen LogP contribution in [-0.4, -0.2) is 50.4 Å². The highest BCUT2D eigenvalue weighted by atomic mass is 32.2. The quantitative estimate of drug-likeness (QED) is 0.464. The summed E-state index contributed by atoms with van der Waals surface area (Å²) in [7, 11) is -3.58. The van der Waals surface area contributed by atoms with Crippen LogP contribution in [0.2, 0.25) is 0 Å². The highest BCUT2D eigenvalue weighted by Gasteiger charge is 2.39. The van der Waals surface area contributed by atoms with Gasteiger partial charge in [-0.3, -0.25) is 10.1 Å². The van der Waals surface area contributed by atoms with Gasteiger partial charge in [0, 0.05) is 18.1 Å². The number of fused-ring (bicyclic) bond motifs is 2. The topological polar surface area (TPSA) is 85.0 Å². The van der Waals surface area contributed by atoms with Crippen molar-refractivity contribution in [3.63, 3.8) is 0 Å². The van der Waals surface area contributed by atoms with Crippen molar-refractivity contribution < 1.29 is 18.2 Å². The van der Waals surface area contributed by atoms with Gasteiger partial charge in [-0.25, -0.2) is 8.42 Å². The van der Waals surface area contributed by atoms with Crippen molar-refractivity contribution in [1.29, 1.82) is 0 Å². The molecule has 3 aliphatic rings. The molecule has 2 bridgehead atoms. The fourth-order valence-corrected chi connectivity index (χ4v) is 6.08. The van der Waals surface area contributed by atoms with Gasteiger partial charge in [-0.15, -0.1) is 0 Å². The maximum Gasteiger partial charge on any atom is 0.269 e. The molecule has 140 valence electrons. The normalized spacial score (nSPS) is 29.3. The van der Waals surface area contributed by atoms with Crippen LogP contribution in [0, 0.1) is 27.9 Å². The van der Waals surface area contributed by atoms with Crippen molar-refractivity contribution in [2.24, 2.45) is 17.8 Å². The van der Waals surface area contributed by atoms with E-state index in [1.165, 1.54) is 46.3 Å². The molecule has 1 saturated carbocycles. The van der Waals surface area contributed by atoms with Gasteiger partial charge in [0.2, 0.25) is 10.0 Å². The van der Waals surface area contributed by atoms with Crippen molar-refractivity contribution in [1.82, 2.24) is 4.31 Å². The first-order valence-electron chi connectivity index (χ1n) is 9.20. The predicted octanol–water partition coefficient (Wildman–Crippen LogP) is 0.696. The van der Waals surface area contributed by atoms with Crippen LogP contribution in [-0.2, 0) is 10.0 Å². The number of nitro benzene ring substituents is 1. The number of non-ortho nitro benzene ring substituents is 1. The second-order valence-corrected chi connectivity index (χ2v) is 9.59. The molecule has 0 aromatic heterocycles. The van der Waals surface area contributed by atoms with Crippen molar-refractivity contribution >= 4 is 15.7 Å². The lowest BCUT2D eigenvalue weighted by atomic mass is 9.93. The van der Waals surface area contributed by atoms with Crippen LogP contribution in [0.15, 0.2) is 41.3 Å². The Balaban J connectivity index is 1.36. The smallest absolute Gasteiger partial charge is 0.269 e. The third-order valence-corrected chi connectivity index (χ3v) is 7.99. The van der Waals surface area contributed by atoms with Gasteiger partial charge in [-0.1, -0.05) is 12.2 Å². The Kier molecular flexibility index (Phi) is 4.58. The molecule has 7 nitrogen and oxygen atoms in total. The molecule has 1 heterocycles. The molecule has 1 aromatic carbocycles. The average Bonchev–Trinajstić information content (AvgIpc) is 3.25. The maximum atomic E-state index is 12.8. The zero-order valence-corrected chi connectivity index (χ0v) is 15.4. The summed E-state index contributed by atoms with van der Waals surface area (Å²) >= 11 is 0. The number of sulfonamides is 1. The molecule has 1 aromatic rings. The van der Waals surface area contributed by atoms with Crippen LogP contribution in [0.25, 0.3) is 0 Å². The number of quaternary nitrogens is 1. The van der Waals surface area contributed by atoms with Crippen molar-refractivity contribution in [3.8, 4) is 0 Å². The van der Waals surface area contributed by atoms with E-state index in [9.17, 15) is 18.5 Å². The van der Waals surface area contributed by atoms with Gasteiger partial charge in [0.05, 0.1) is 42.5 Å². The van der Waals surface area contributed by atoms with E-state index in [2.05, 4.69) is 12.2 Å². The maximum absolute atomic E-state index is 12.8. The fraction of sp³-hybridized carbons (Fsp3) is 0.556. The molecule has 8 heteroatoms. The van der Waals surface area contributed by atoms with Crippen LogP contribution >= 0.6 is 0 Å². The second-order valence-electron chi connectivity index (χ2n) is 7.65. The van der Waals surface area contributed by atoms with E-state index in [1.54, 1.807) is 0 Å². The number of nitrogens with zero attached hydrogens (tertiary/aromatic N) is 2. The molecule has 1 aliphatic heterocycles. The Morgan fingerprint density at radius 1 is 1.12 bits per heavy atom. The first kappa shape index (κ1) is 17.6. The van der Waals surface area contributed by atoms with Gasteiger partial charge in [-0.05, 0) is 36.8 Å². The van der Waals surface area contributed by atoms with E-state index in [0.717, 1.165) is 37.4 Å². The molecule has 1 saturated heterocycles. The van der Waals surface area contributed by atoms with Gasteiger partial charge in [0.25, 0.3) is 5.69 Å². The monoisotopic (exact) mass is 378 g/mol. The number of piperazine rings is 1. The number of hydrogen-bond donors (Lipinski definition) is 1. The highest BCUT2D eigenvalue weighted by Crippen LogP contribution is 2.42. The average molecular weight is 378 g/mol. The summed E-state index contributed by atoms with van der Waals surface area (Å²) in [5.74, 6) is 2.25. The first-order valence-corrected chi connectivity index (χ1v) is 10.6. The fourth-order valence-electron chi connectivity index (χ4n) is 4.64. The zero-order valence-electron chi connectivity index (χ0n) is 14.6. The molecule has 2 aliphatic carbocycles. The summed E-state index contributed by atoms with van der Waals surface area (Å²) in [4.78, 5) is 11.8. The van der Waals surface area contributed by atoms with Crippen LogP contribution in [0.1, 0.15) is 12.8 Å². The number of allylic oxidation sites excluding steroid dienone is 2. The third-order valence-electron chi connectivity index (χ3n) is 6.08. The lowest BCUT2D eigenvalue weighted by Crippen LogP contribution is -3.15. The molecule has 1 N–H and O–H groups in total. The molecule has 2 fully saturated rings. The molecule has 26 heavy (non-hydrogen) atoms. The SMILES string of the molecule is O=[N+]([O-])c1ccc(S(=O)(=O)N2CC[NH+](C[C@@H]3C[C@H]4C=C[C@@H]3C4)CC2)cc1. The molecule has 0 radical (unpaired) electrons. The number of rotatable bonds is 5. The largest absolute Gasteiger partial charge is 0.332 e. The van der Waals surface area contributed by atoms with Crippen LogP contribution in [0.5, 0.6) is 0 Å². The van der Waals surface area contributed by atoms with Gasteiger partial charge in [0.1, 0.15) is 0 Å². The van der Waals surface area contributed by atoms with E-state index in [4.69, 9.17) is 0 Å².